The van der Waals surface area contributed by atoms with E-state index < -0.39 is 0 Å². The van der Waals surface area contributed by atoms with E-state index in [0.717, 1.165) is 24.7 Å². The fraction of sp³-hybridized carbons (Fsp3) is 0.636. The molecule has 1 aromatic carbocycles. The molecule has 2 aliphatic rings. The van der Waals surface area contributed by atoms with Crippen molar-refractivity contribution in [1.29, 1.82) is 0 Å². The zero-order valence-electron chi connectivity index (χ0n) is 17.3. The van der Waals surface area contributed by atoms with Gasteiger partial charge >= 0.3 is 0 Å². The van der Waals surface area contributed by atoms with Gasteiger partial charge in [0.1, 0.15) is 0 Å². The third-order valence-corrected chi connectivity index (χ3v) is 5.72. The molecule has 154 valence electrons. The number of nitrogens with one attached hydrogen (secondary N) is 3. The van der Waals surface area contributed by atoms with Crippen LogP contribution < -0.4 is 16.0 Å². The van der Waals surface area contributed by atoms with Crippen molar-refractivity contribution in [3.05, 3.63) is 29.8 Å². The summed E-state index contributed by atoms with van der Waals surface area (Å²) in [6.07, 6.45) is 4.22. The molecule has 6 heteroatoms. The van der Waals surface area contributed by atoms with E-state index in [-0.39, 0.29) is 11.8 Å². The molecule has 1 fully saturated rings. The SMILES string of the molecule is CCCN1CCC(CN=C(NCC)NCC2CC(=O)Nc3ccccc32)CC1. The molecule has 0 aliphatic carbocycles. The van der Waals surface area contributed by atoms with E-state index in [2.05, 4.69) is 40.8 Å². The molecule has 1 unspecified atom stereocenters. The highest BCUT2D eigenvalue weighted by molar-refractivity contribution is 5.94. The molecule has 1 atom stereocenters. The number of para-hydroxylation sites is 1. The molecular formula is C22H35N5O. The predicted octanol–water partition coefficient (Wildman–Crippen LogP) is 2.79. The number of fused-ring (bicyclic) bond motifs is 1. The number of rotatable bonds is 7. The molecule has 0 bridgehead atoms. The van der Waals surface area contributed by atoms with Gasteiger partial charge in [-0.05, 0) is 63.4 Å². The van der Waals surface area contributed by atoms with E-state index >= 15 is 0 Å². The highest BCUT2D eigenvalue weighted by Gasteiger charge is 2.25. The first-order valence-corrected chi connectivity index (χ1v) is 10.8. The third kappa shape index (κ3) is 5.71. The summed E-state index contributed by atoms with van der Waals surface area (Å²) in [5.74, 6) is 1.80. The fourth-order valence-electron chi connectivity index (χ4n) is 4.17. The number of carbonyl (C=O) groups is 1. The van der Waals surface area contributed by atoms with Crippen molar-refractivity contribution < 1.29 is 4.79 Å². The topological polar surface area (TPSA) is 68.8 Å². The Hall–Kier alpha value is -2.08. The number of benzene rings is 1. The van der Waals surface area contributed by atoms with Crippen LogP contribution in [0.15, 0.2) is 29.3 Å². The summed E-state index contributed by atoms with van der Waals surface area (Å²) in [5, 5.41) is 9.79. The molecule has 3 N–H and O–H groups in total. The van der Waals surface area contributed by atoms with Gasteiger partial charge in [0.05, 0.1) is 0 Å². The van der Waals surface area contributed by atoms with E-state index in [0.29, 0.717) is 18.9 Å². The maximum atomic E-state index is 12.0. The number of aliphatic imine (C=N–C) groups is 1. The second-order valence-corrected chi connectivity index (χ2v) is 7.92. The maximum absolute atomic E-state index is 12.0. The molecule has 6 nitrogen and oxygen atoms in total. The highest BCUT2D eigenvalue weighted by atomic mass is 16.1. The summed E-state index contributed by atoms with van der Waals surface area (Å²) < 4.78 is 0. The Balaban J connectivity index is 1.53. The normalized spacial score (nSPS) is 21.1. The summed E-state index contributed by atoms with van der Waals surface area (Å²) in [5.41, 5.74) is 2.14. The zero-order valence-corrected chi connectivity index (χ0v) is 17.3. The Morgan fingerprint density at radius 3 is 2.75 bits per heavy atom. The number of likely N-dealkylation sites (tertiary alicyclic amines) is 1. The van der Waals surface area contributed by atoms with Gasteiger partial charge in [0.15, 0.2) is 5.96 Å². The molecule has 0 saturated carbocycles. The van der Waals surface area contributed by atoms with E-state index in [1.807, 2.05) is 18.2 Å². The Kier molecular flexibility index (Phi) is 7.71. The molecule has 0 radical (unpaired) electrons. The smallest absolute Gasteiger partial charge is 0.225 e. The van der Waals surface area contributed by atoms with Gasteiger partial charge in [0.2, 0.25) is 5.91 Å². The quantitative estimate of drug-likeness (QED) is 0.499. The lowest BCUT2D eigenvalue weighted by molar-refractivity contribution is -0.116. The second-order valence-electron chi connectivity index (χ2n) is 7.92. The summed E-state index contributed by atoms with van der Waals surface area (Å²) in [7, 11) is 0. The van der Waals surface area contributed by atoms with Crippen molar-refractivity contribution in [2.45, 2.75) is 45.4 Å². The van der Waals surface area contributed by atoms with E-state index in [4.69, 9.17) is 4.99 Å². The highest BCUT2D eigenvalue weighted by Crippen LogP contribution is 2.31. The molecule has 0 aromatic heterocycles. The third-order valence-electron chi connectivity index (χ3n) is 5.72. The Morgan fingerprint density at radius 1 is 1.21 bits per heavy atom. The monoisotopic (exact) mass is 385 g/mol. The number of hydrogen-bond donors (Lipinski definition) is 3. The van der Waals surface area contributed by atoms with Crippen LogP contribution in [-0.4, -0.2) is 56.0 Å². The van der Waals surface area contributed by atoms with Crippen molar-refractivity contribution in [2.75, 3.05) is 44.6 Å². The number of anilines is 1. The molecular weight excluding hydrogens is 350 g/mol. The maximum Gasteiger partial charge on any atom is 0.225 e. The molecule has 1 amide bonds. The first-order valence-electron chi connectivity index (χ1n) is 10.8. The van der Waals surface area contributed by atoms with Gasteiger partial charge in [-0.3, -0.25) is 9.79 Å². The fourth-order valence-corrected chi connectivity index (χ4v) is 4.17. The zero-order chi connectivity index (χ0) is 19.8. The first-order chi connectivity index (χ1) is 13.7. The van der Waals surface area contributed by atoms with Crippen LogP contribution in [-0.2, 0) is 4.79 Å². The van der Waals surface area contributed by atoms with E-state index in [1.165, 1.54) is 44.5 Å². The van der Waals surface area contributed by atoms with Crippen LogP contribution >= 0.6 is 0 Å². The lowest BCUT2D eigenvalue weighted by atomic mass is 9.90. The Morgan fingerprint density at radius 2 is 2.00 bits per heavy atom. The van der Waals surface area contributed by atoms with Crippen molar-refractivity contribution in [3.8, 4) is 0 Å². The number of nitrogens with zero attached hydrogens (tertiary/aromatic N) is 2. The van der Waals surface area contributed by atoms with Gasteiger partial charge in [0, 0.05) is 37.7 Å². The summed E-state index contributed by atoms with van der Waals surface area (Å²) in [6.45, 7) is 10.4. The molecule has 2 heterocycles. The van der Waals surface area contributed by atoms with Gasteiger partial charge in [-0.2, -0.15) is 0 Å². The largest absolute Gasteiger partial charge is 0.357 e. The van der Waals surface area contributed by atoms with Gasteiger partial charge < -0.3 is 20.9 Å². The van der Waals surface area contributed by atoms with Crippen LogP contribution in [0.25, 0.3) is 0 Å². The Labute approximate surface area is 169 Å². The van der Waals surface area contributed by atoms with Crippen LogP contribution in [0.4, 0.5) is 5.69 Å². The van der Waals surface area contributed by atoms with Gasteiger partial charge in [0.25, 0.3) is 0 Å². The number of carbonyl (C=O) groups excluding carboxylic acids is 1. The number of amides is 1. The van der Waals surface area contributed by atoms with Crippen molar-refractivity contribution >= 4 is 17.6 Å². The average Bonchev–Trinajstić information content (AvgIpc) is 2.71. The molecule has 1 saturated heterocycles. The van der Waals surface area contributed by atoms with Gasteiger partial charge in [-0.25, -0.2) is 0 Å². The number of guanidine groups is 1. The summed E-state index contributed by atoms with van der Waals surface area (Å²) in [4.78, 5) is 19.4. The minimum atomic E-state index is 0.0891. The van der Waals surface area contributed by atoms with Crippen molar-refractivity contribution in [2.24, 2.45) is 10.9 Å². The minimum Gasteiger partial charge on any atom is -0.357 e. The van der Waals surface area contributed by atoms with Crippen LogP contribution in [0.1, 0.15) is 51.0 Å². The average molecular weight is 386 g/mol. The molecule has 0 spiro atoms. The summed E-state index contributed by atoms with van der Waals surface area (Å²) in [6, 6.07) is 8.08. The van der Waals surface area contributed by atoms with Crippen LogP contribution in [0, 0.1) is 5.92 Å². The minimum absolute atomic E-state index is 0.0891. The molecule has 28 heavy (non-hydrogen) atoms. The Bertz CT molecular complexity index is 667. The number of hydrogen-bond acceptors (Lipinski definition) is 3. The number of piperidine rings is 1. The standard InChI is InChI=1S/C22H35N5O/c1-3-11-27-12-9-17(10-13-27)15-24-22(23-4-2)25-16-18-14-21(28)26-20-8-6-5-7-19(18)20/h5-8,17-18H,3-4,9-16H2,1-2H3,(H,26,28)(H2,23,24,25). The molecule has 2 aliphatic heterocycles. The van der Waals surface area contributed by atoms with Crippen LogP contribution in [0.3, 0.4) is 0 Å². The summed E-state index contributed by atoms with van der Waals surface area (Å²) >= 11 is 0. The van der Waals surface area contributed by atoms with Crippen LogP contribution in [0.2, 0.25) is 0 Å². The van der Waals surface area contributed by atoms with E-state index in [9.17, 15) is 4.79 Å². The van der Waals surface area contributed by atoms with Gasteiger partial charge in [-0.15, -0.1) is 0 Å². The second kappa shape index (κ2) is 10.5. The lowest BCUT2D eigenvalue weighted by Crippen LogP contribution is -2.41. The first kappa shape index (κ1) is 20.6. The van der Waals surface area contributed by atoms with Gasteiger partial charge in [-0.1, -0.05) is 25.1 Å². The van der Waals surface area contributed by atoms with E-state index in [1.54, 1.807) is 0 Å². The molecule has 3 rings (SSSR count). The van der Waals surface area contributed by atoms with Crippen LogP contribution in [0.5, 0.6) is 0 Å². The van der Waals surface area contributed by atoms with Crippen molar-refractivity contribution in [3.63, 3.8) is 0 Å². The predicted molar refractivity (Wildman–Crippen MR) is 116 cm³/mol. The lowest BCUT2D eigenvalue weighted by Gasteiger charge is -2.31. The van der Waals surface area contributed by atoms with Crippen molar-refractivity contribution in [1.82, 2.24) is 15.5 Å². The molecule has 1 aromatic rings.